The molecule has 152 valence electrons. The largest absolute Gasteiger partial charge is 0.497 e. The number of ether oxygens (including phenoxy) is 2. The average Bonchev–Trinajstić information content (AvgIpc) is 3.21. The van der Waals surface area contributed by atoms with Crippen molar-refractivity contribution in [1.82, 2.24) is 10.3 Å². The molecule has 3 aromatic rings. The Morgan fingerprint density at radius 2 is 1.97 bits per heavy atom. The van der Waals surface area contributed by atoms with Gasteiger partial charge in [0.25, 0.3) is 11.9 Å². The van der Waals surface area contributed by atoms with Crippen molar-refractivity contribution in [3.63, 3.8) is 0 Å². The molecule has 1 saturated heterocycles. The van der Waals surface area contributed by atoms with Crippen molar-refractivity contribution >= 4 is 23.0 Å². The van der Waals surface area contributed by atoms with E-state index in [0.29, 0.717) is 35.5 Å². The summed E-state index contributed by atoms with van der Waals surface area (Å²) in [5, 5.41) is 3.04. The molecule has 1 amide bonds. The van der Waals surface area contributed by atoms with Gasteiger partial charge in [0.05, 0.1) is 19.8 Å². The number of benzene rings is 2. The molecule has 2 aromatic carbocycles. The number of fused-ring (bicyclic) bond motifs is 1. The highest BCUT2D eigenvalue weighted by molar-refractivity contribution is 5.97. The van der Waals surface area contributed by atoms with Crippen molar-refractivity contribution in [2.24, 2.45) is 5.92 Å². The molecule has 7 nitrogen and oxygen atoms in total. The molecule has 0 atom stereocenters. The minimum atomic E-state index is -0.133. The summed E-state index contributed by atoms with van der Waals surface area (Å²) in [6, 6.07) is 13.7. The van der Waals surface area contributed by atoms with Gasteiger partial charge in [-0.05, 0) is 43.0 Å². The maximum atomic E-state index is 12.6. The number of anilines is 1. The van der Waals surface area contributed by atoms with Gasteiger partial charge >= 0.3 is 0 Å². The maximum Gasteiger partial charge on any atom is 0.298 e. The molecule has 1 N–H and O–H groups in total. The Labute approximate surface area is 169 Å². The van der Waals surface area contributed by atoms with Crippen LogP contribution < -0.4 is 19.7 Å². The molecule has 0 aliphatic carbocycles. The van der Waals surface area contributed by atoms with Crippen molar-refractivity contribution in [2.45, 2.75) is 12.8 Å². The molecule has 1 aliphatic heterocycles. The molecule has 0 saturated carbocycles. The van der Waals surface area contributed by atoms with E-state index in [1.54, 1.807) is 32.4 Å². The lowest BCUT2D eigenvalue weighted by Gasteiger charge is -2.30. The number of para-hydroxylation sites is 2. The quantitative estimate of drug-likeness (QED) is 0.689. The highest BCUT2D eigenvalue weighted by atomic mass is 16.5. The van der Waals surface area contributed by atoms with E-state index in [1.807, 2.05) is 24.3 Å². The number of carbonyl (C=O) groups is 1. The van der Waals surface area contributed by atoms with E-state index in [0.717, 1.165) is 37.0 Å². The third kappa shape index (κ3) is 4.13. The van der Waals surface area contributed by atoms with Gasteiger partial charge in [0.2, 0.25) is 0 Å². The number of nitrogens with one attached hydrogen (secondary N) is 1. The third-order valence-corrected chi connectivity index (χ3v) is 5.37. The zero-order valence-corrected chi connectivity index (χ0v) is 16.7. The number of nitrogens with zero attached hydrogens (tertiary/aromatic N) is 2. The monoisotopic (exact) mass is 395 g/mol. The van der Waals surface area contributed by atoms with Crippen LogP contribution in [0.3, 0.4) is 0 Å². The van der Waals surface area contributed by atoms with Crippen molar-refractivity contribution in [3.8, 4) is 11.5 Å². The first-order chi connectivity index (χ1) is 14.2. The molecular formula is C22H25N3O4. The van der Waals surface area contributed by atoms with Crippen LogP contribution in [0.25, 0.3) is 11.1 Å². The summed E-state index contributed by atoms with van der Waals surface area (Å²) in [7, 11) is 3.13. The first-order valence-corrected chi connectivity index (χ1v) is 9.78. The normalized spacial score (nSPS) is 14.8. The number of amides is 1. The predicted molar refractivity (Wildman–Crippen MR) is 111 cm³/mol. The highest BCUT2D eigenvalue weighted by Gasteiger charge is 2.23. The molecule has 1 fully saturated rings. The van der Waals surface area contributed by atoms with Crippen LogP contribution in [0.2, 0.25) is 0 Å². The summed E-state index contributed by atoms with van der Waals surface area (Å²) in [5.41, 5.74) is 2.20. The fourth-order valence-corrected chi connectivity index (χ4v) is 3.64. The summed E-state index contributed by atoms with van der Waals surface area (Å²) in [5.74, 6) is 1.45. The molecule has 2 heterocycles. The predicted octanol–water partition coefficient (Wildman–Crippen LogP) is 3.49. The second kappa shape index (κ2) is 8.43. The summed E-state index contributed by atoms with van der Waals surface area (Å²) < 4.78 is 16.4. The second-order valence-corrected chi connectivity index (χ2v) is 7.17. The SMILES string of the molecule is COc1ccc(C(=O)NCC2CCN(c3nc4ccccc4o3)CC2)c(OC)c1. The second-order valence-electron chi connectivity index (χ2n) is 7.17. The number of hydrogen-bond donors (Lipinski definition) is 1. The van der Waals surface area contributed by atoms with Gasteiger partial charge in [-0.1, -0.05) is 12.1 Å². The first kappa shape index (κ1) is 19.1. The molecule has 0 bridgehead atoms. The molecule has 0 radical (unpaired) electrons. The van der Waals surface area contributed by atoms with Crippen molar-refractivity contribution in [3.05, 3.63) is 48.0 Å². The summed E-state index contributed by atoms with van der Waals surface area (Å²) in [4.78, 5) is 19.3. The Kier molecular flexibility index (Phi) is 5.55. The van der Waals surface area contributed by atoms with E-state index in [4.69, 9.17) is 13.9 Å². The van der Waals surface area contributed by atoms with Crippen molar-refractivity contribution in [2.75, 3.05) is 38.8 Å². The number of methoxy groups -OCH3 is 2. The number of piperidine rings is 1. The summed E-state index contributed by atoms with van der Waals surface area (Å²) in [6.45, 7) is 2.36. The smallest absolute Gasteiger partial charge is 0.298 e. The molecule has 29 heavy (non-hydrogen) atoms. The van der Waals surface area contributed by atoms with Gasteiger partial charge in [0.1, 0.15) is 17.0 Å². The van der Waals surface area contributed by atoms with E-state index in [2.05, 4.69) is 15.2 Å². The van der Waals surface area contributed by atoms with Crippen molar-refractivity contribution in [1.29, 1.82) is 0 Å². The van der Waals surface area contributed by atoms with E-state index >= 15 is 0 Å². The molecule has 7 heteroatoms. The Balaban J connectivity index is 1.31. The molecule has 0 unspecified atom stereocenters. The van der Waals surface area contributed by atoms with Crippen LogP contribution in [-0.2, 0) is 0 Å². The van der Waals surface area contributed by atoms with Crippen LogP contribution in [-0.4, -0.2) is 44.7 Å². The molecule has 1 aliphatic rings. The average molecular weight is 395 g/mol. The Hall–Kier alpha value is -3.22. The van der Waals surface area contributed by atoms with Gasteiger partial charge in [-0.3, -0.25) is 4.79 Å². The lowest BCUT2D eigenvalue weighted by Crippen LogP contribution is -2.38. The van der Waals surface area contributed by atoms with Gasteiger partial charge in [-0.15, -0.1) is 0 Å². The number of oxazole rings is 1. The number of aromatic nitrogens is 1. The van der Waals surface area contributed by atoms with E-state index in [9.17, 15) is 4.79 Å². The minimum Gasteiger partial charge on any atom is -0.497 e. The minimum absolute atomic E-state index is 0.133. The lowest BCUT2D eigenvalue weighted by atomic mass is 9.97. The van der Waals surface area contributed by atoms with Crippen LogP contribution in [0.5, 0.6) is 11.5 Å². The van der Waals surface area contributed by atoms with Crippen LogP contribution in [0.15, 0.2) is 46.9 Å². The Morgan fingerprint density at radius 3 is 2.69 bits per heavy atom. The van der Waals surface area contributed by atoms with Crippen molar-refractivity contribution < 1.29 is 18.7 Å². The molecule has 0 spiro atoms. The first-order valence-electron chi connectivity index (χ1n) is 9.78. The van der Waals surface area contributed by atoms with Crippen LogP contribution >= 0.6 is 0 Å². The number of carbonyl (C=O) groups excluding carboxylic acids is 1. The van der Waals surface area contributed by atoms with E-state index in [-0.39, 0.29) is 5.91 Å². The molecule has 4 rings (SSSR count). The Morgan fingerprint density at radius 1 is 1.17 bits per heavy atom. The van der Waals surface area contributed by atoms with Gasteiger partial charge in [-0.25, -0.2) is 0 Å². The number of hydrogen-bond acceptors (Lipinski definition) is 6. The third-order valence-electron chi connectivity index (χ3n) is 5.37. The highest BCUT2D eigenvalue weighted by Crippen LogP contribution is 2.27. The Bertz CT molecular complexity index is 960. The van der Waals surface area contributed by atoms with Gasteiger partial charge in [0.15, 0.2) is 5.58 Å². The summed E-state index contributed by atoms with van der Waals surface area (Å²) >= 11 is 0. The fourth-order valence-electron chi connectivity index (χ4n) is 3.64. The standard InChI is InChI=1S/C22H25N3O4/c1-27-16-7-8-17(20(13-16)28-2)21(26)23-14-15-9-11-25(12-10-15)22-24-18-5-3-4-6-19(18)29-22/h3-8,13,15H,9-12,14H2,1-2H3,(H,23,26). The fraction of sp³-hybridized carbons (Fsp3) is 0.364. The topological polar surface area (TPSA) is 76.8 Å². The van der Waals surface area contributed by atoms with Crippen LogP contribution in [0, 0.1) is 5.92 Å². The summed E-state index contributed by atoms with van der Waals surface area (Å²) in [6.07, 6.45) is 1.94. The number of rotatable bonds is 6. The van der Waals surface area contributed by atoms with E-state index in [1.165, 1.54) is 0 Å². The van der Waals surface area contributed by atoms with Crippen LogP contribution in [0.4, 0.5) is 6.01 Å². The lowest BCUT2D eigenvalue weighted by molar-refractivity contribution is 0.0941. The van der Waals surface area contributed by atoms with Gasteiger partial charge in [-0.2, -0.15) is 4.98 Å². The van der Waals surface area contributed by atoms with Gasteiger partial charge < -0.3 is 24.1 Å². The maximum absolute atomic E-state index is 12.6. The zero-order valence-electron chi connectivity index (χ0n) is 16.7. The molecular weight excluding hydrogens is 370 g/mol. The van der Waals surface area contributed by atoms with Gasteiger partial charge in [0, 0.05) is 25.7 Å². The van der Waals surface area contributed by atoms with E-state index < -0.39 is 0 Å². The van der Waals surface area contributed by atoms with Crippen LogP contribution in [0.1, 0.15) is 23.2 Å². The molecule has 1 aromatic heterocycles. The zero-order chi connectivity index (χ0) is 20.2.